The van der Waals surface area contributed by atoms with Crippen LogP contribution in [0.25, 0.3) is 0 Å². The molecule has 1 saturated heterocycles. The van der Waals surface area contributed by atoms with E-state index in [2.05, 4.69) is 12.2 Å². The van der Waals surface area contributed by atoms with Crippen molar-refractivity contribution in [3.05, 3.63) is 33.4 Å². The monoisotopic (exact) mass is 383 g/mol. The molecule has 7 heteroatoms. The highest BCUT2D eigenvalue weighted by molar-refractivity contribution is 7.91. The van der Waals surface area contributed by atoms with Crippen LogP contribution in [0.4, 0.5) is 0 Å². The van der Waals surface area contributed by atoms with Gasteiger partial charge in [-0.2, -0.15) is 0 Å². The lowest BCUT2D eigenvalue weighted by Crippen LogP contribution is -2.32. The third kappa shape index (κ3) is 5.43. The van der Waals surface area contributed by atoms with Crippen LogP contribution in [0.1, 0.15) is 73.6 Å². The Balaban J connectivity index is 1.94. The number of sulfone groups is 1. The van der Waals surface area contributed by atoms with E-state index in [1.165, 1.54) is 0 Å². The van der Waals surface area contributed by atoms with Gasteiger partial charge >= 0.3 is 5.63 Å². The predicted octanol–water partition coefficient (Wildman–Crippen LogP) is 2.80. The van der Waals surface area contributed by atoms with Crippen molar-refractivity contribution in [1.29, 1.82) is 0 Å². The molecule has 1 N–H and O–H groups in total. The first-order valence-electron chi connectivity index (χ1n) is 9.36. The van der Waals surface area contributed by atoms with Crippen molar-refractivity contribution >= 4 is 15.7 Å². The first-order valence-corrected chi connectivity index (χ1v) is 11.2. The van der Waals surface area contributed by atoms with Crippen LogP contribution in [0.3, 0.4) is 0 Å². The van der Waals surface area contributed by atoms with Crippen LogP contribution in [0.5, 0.6) is 0 Å². The molecule has 6 nitrogen and oxygen atoms in total. The number of carbonyl (C=O) groups excluding carboxylic acids is 1. The van der Waals surface area contributed by atoms with Crippen LogP contribution in [-0.4, -0.2) is 32.4 Å². The molecule has 1 aromatic rings. The zero-order valence-electron chi connectivity index (χ0n) is 15.8. The highest BCUT2D eigenvalue weighted by Gasteiger charge is 2.24. The van der Waals surface area contributed by atoms with Crippen LogP contribution in [0, 0.1) is 12.8 Å². The maximum absolute atomic E-state index is 12.4. The highest BCUT2D eigenvalue weighted by Crippen LogP contribution is 2.22. The average molecular weight is 384 g/mol. The molecule has 0 saturated carbocycles. The number of nitrogens with one attached hydrogen (secondary N) is 1. The first kappa shape index (κ1) is 20.7. The number of aryl methyl sites for hydroxylation is 1. The summed E-state index contributed by atoms with van der Waals surface area (Å²) in [5.74, 6) is 1.10. The minimum atomic E-state index is -2.87. The van der Waals surface area contributed by atoms with Crippen LogP contribution in [0.2, 0.25) is 0 Å². The SMILES string of the molecule is CCCC(C)c1cc(C)c(C(=O)NCCC2CCS(=O)(=O)CC2)c(=O)o1. The lowest BCUT2D eigenvalue weighted by atomic mass is 9.98. The molecule has 2 rings (SSSR count). The van der Waals surface area contributed by atoms with E-state index in [0.29, 0.717) is 36.6 Å². The molecule has 2 heterocycles. The topological polar surface area (TPSA) is 93.5 Å². The Morgan fingerprint density at radius 1 is 1.35 bits per heavy atom. The van der Waals surface area contributed by atoms with Gasteiger partial charge < -0.3 is 9.73 Å². The van der Waals surface area contributed by atoms with Gasteiger partial charge in [0.25, 0.3) is 5.91 Å². The molecule has 146 valence electrons. The minimum Gasteiger partial charge on any atom is -0.427 e. The summed E-state index contributed by atoms with van der Waals surface area (Å²) in [5, 5.41) is 2.77. The number of amides is 1. The third-order valence-electron chi connectivity index (χ3n) is 5.11. The van der Waals surface area contributed by atoms with Gasteiger partial charge in [-0.25, -0.2) is 13.2 Å². The number of carbonyl (C=O) groups is 1. The van der Waals surface area contributed by atoms with Gasteiger partial charge in [0.05, 0.1) is 11.5 Å². The molecule has 1 amide bonds. The molecule has 26 heavy (non-hydrogen) atoms. The van der Waals surface area contributed by atoms with Gasteiger partial charge in [0.1, 0.15) is 21.2 Å². The molecule has 1 fully saturated rings. The van der Waals surface area contributed by atoms with E-state index in [9.17, 15) is 18.0 Å². The Kier molecular flexibility index (Phi) is 7.03. The van der Waals surface area contributed by atoms with Gasteiger partial charge in [-0.05, 0) is 50.2 Å². The number of rotatable bonds is 7. The minimum absolute atomic E-state index is 0.0590. The normalized spacial score (nSPS) is 18.4. The maximum atomic E-state index is 12.4. The average Bonchev–Trinajstić information content (AvgIpc) is 2.56. The summed E-state index contributed by atoms with van der Waals surface area (Å²) < 4.78 is 28.2. The Labute approximate surface area is 155 Å². The fourth-order valence-corrected chi connectivity index (χ4v) is 5.02. The Morgan fingerprint density at radius 3 is 2.58 bits per heavy atom. The molecule has 1 aliphatic rings. The zero-order valence-corrected chi connectivity index (χ0v) is 16.7. The summed E-state index contributed by atoms with van der Waals surface area (Å²) in [5.41, 5.74) is 0.0911. The molecule has 1 aliphatic heterocycles. The molecule has 0 spiro atoms. The van der Waals surface area contributed by atoms with E-state index in [0.717, 1.165) is 19.3 Å². The van der Waals surface area contributed by atoms with Crippen LogP contribution in [-0.2, 0) is 9.84 Å². The standard InChI is InChI=1S/C19H29NO5S/c1-4-5-13(2)16-12-14(3)17(19(22)25-16)18(21)20-9-6-15-7-10-26(23,24)11-8-15/h12-13,15H,4-11H2,1-3H3,(H,20,21). The lowest BCUT2D eigenvalue weighted by molar-refractivity contribution is 0.0945. The highest BCUT2D eigenvalue weighted by atomic mass is 32.2. The van der Waals surface area contributed by atoms with E-state index < -0.39 is 21.4 Å². The number of hydrogen-bond acceptors (Lipinski definition) is 5. The second-order valence-electron chi connectivity index (χ2n) is 7.32. The van der Waals surface area contributed by atoms with Gasteiger partial charge in [0.15, 0.2) is 0 Å². The summed E-state index contributed by atoms with van der Waals surface area (Å²) in [4.78, 5) is 24.6. The molecule has 0 bridgehead atoms. The van der Waals surface area contributed by atoms with Gasteiger partial charge in [-0.1, -0.05) is 20.3 Å². The summed E-state index contributed by atoms with van der Waals surface area (Å²) in [6.45, 7) is 6.26. The molecule has 1 unspecified atom stereocenters. The van der Waals surface area contributed by atoms with E-state index in [1.54, 1.807) is 13.0 Å². The van der Waals surface area contributed by atoms with Gasteiger partial charge in [0, 0.05) is 12.5 Å². The second kappa shape index (κ2) is 8.84. The molecule has 0 aliphatic carbocycles. The second-order valence-corrected chi connectivity index (χ2v) is 9.63. The Hall–Kier alpha value is -1.63. The lowest BCUT2D eigenvalue weighted by Gasteiger charge is -2.21. The summed E-state index contributed by atoms with van der Waals surface area (Å²) >= 11 is 0. The Morgan fingerprint density at radius 2 is 2.00 bits per heavy atom. The van der Waals surface area contributed by atoms with Gasteiger partial charge in [0.2, 0.25) is 0 Å². The van der Waals surface area contributed by atoms with E-state index in [4.69, 9.17) is 4.42 Å². The van der Waals surface area contributed by atoms with Crippen LogP contribution in [0.15, 0.2) is 15.3 Å². The first-order chi connectivity index (χ1) is 12.2. The van der Waals surface area contributed by atoms with Crippen molar-refractivity contribution < 1.29 is 17.6 Å². The van der Waals surface area contributed by atoms with Crippen molar-refractivity contribution in [2.24, 2.45) is 5.92 Å². The van der Waals surface area contributed by atoms with Crippen molar-refractivity contribution in [2.45, 2.75) is 58.8 Å². The zero-order chi connectivity index (χ0) is 19.3. The fourth-order valence-electron chi connectivity index (χ4n) is 3.43. The molecular formula is C19H29NO5S. The van der Waals surface area contributed by atoms with Crippen molar-refractivity contribution in [3.63, 3.8) is 0 Å². The molecule has 1 aromatic heterocycles. The van der Waals surface area contributed by atoms with E-state index in [1.807, 2.05) is 6.92 Å². The summed E-state index contributed by atoms with van der Waals surface area (Å²) in [7, 11) is -2.87. The van der Waals surface area contributed by atoms with E-state index in [-0.39, 0.29) is 23.0 Å². The quantitative estimate of drug-likeness (QED) is 0.781. The van der Waals surface area contributed by atoms with Crippen LogP contribution >= 0.6 is 0 Å². The molecular weight excluding hydrogens is 354 g/mol. The molecule has 1 atom stereocenters. The van der Waals surface area contributed by atoms with Crippen molar-refractivity contribution in [3.8, 4) is 0 Å². The third-order valence-corrected chi connectivity index (χ3v) is 6.83. The van der Waals surface area contributed by atoms with Crippen LogP contribution < -0.4 is 10.9 Å². The van der Waals surface area contributed by atoms with E-state index >= 15 is 0 Å². The number of hydrogen-bond donors (Lipinski definition) is 1. The summed E-state index contributed by atoms with van der Waals surface area (Å²) in [6, 6.07) is 1.78. The fraction of sp³-hybridized carbons (Fsp3) is 0.684. The van der Waals surface area contributed by atoms with Gasteiger partial charge in [-0.15, -0.1) is 0 Å². The summed E-state index contributed by atoms with van der Waals surface area (Å²) in [6.07, 6.45) is 3.92. The van der Waals surface area contributed by atoms with Gasteiger partial charge in [-0.3, -0.25) is 4.79 Å². The smallest absolute Gasteiger partial charge is 0.349 e. The molecule has 0 radical (unpaired) electrons. The van der Waals surface area contributed by atoms with Crippen molar-refractivity contribution in [2.75, 3.05) is 18.1 Å². The largest absolute Gasteiger partial charge is 0.427 e. The van der Waals surface area contributed by atoms with Crippen molar-refractivity contribution in [1.82, 2.24) is 5.32 Å². The maximum Gasteiger partial charge on any atom is 0.349 e. The Bertz CT molecular complexity index is 783. The predicted molar refractivity (Wildman–Crippen MR) is 101 cm³/mol. The molecule has 0 aromatic carbocycles.